The summed E-state index contributed by atoms with van der Waals surface area (Å²) in [6.45, 7) is 5.31. The number of rotatable bonds is 5. The van der Waals surface area contributed by atoms with E-state index in [0.717, 1.165) is 13.8 Å². The number of hydrogen-bond donors (Lipinski definition) is 0. The van der Waals surface area contributed by atoms with E-state index >= 15 is 0 Å². The monoisotopic (exact) mass is 214 g/mol. The molecule has 2 atom stereocenters. The van der Waals surface area contributed by atoms with Gasteiger partial charge in [-0.15, -0.1) is 0 Å². The molecule has 0 nitrogen and oxygen atoms in total. The molecule has 0 heterocycles. The molecule has 2 unspecified atom stereocenters. The van der Waals surface area contributed by atoms with E-state index < -0.39 is 23.7 Å². The van der Waals surface area contributed by atoms with Crippen LogP contribution in [0.2, 0.25) is 0 Å². The molecule has 0 saturated heterocycles. The summed E-state index contributed by atoms with van der Waals surface area (Å²) in [6.07, 6.45) is 0.109. The summed E-state index contributed by atoms with van der Waals surface area (Å²) in [4.78, 5) is 0. The highest BCUT2D eigenvalue weighted by Gasteiger charge is 2.60. The van der Waals surface area contributed by atoms with Gasteiger partial charge in [0.1, 0.15) is 0 Å². The number of alkyl halides is 4. The van der Waals surface area contributed by atoms with Crippen LogP contribution in [0.15, 0.2) is 0 Å². The molecule has 0 aliphatic rings. The van der Waals surface area contributed by atoms with Crippen molar-refractivity contribution in [2.75, 3.05) is 0 Å². The van der Waals surface area contributed by atoms with Crippen LogP contribution in [-0.4, -0.2) is 11.8 Å². The van der Waals surface area contributed by atoms with Crippen molar-refractivity contribution in [1.29, 1.82) is 0 Å². The van der Waals surface area contributed by atoms with Crippen molar-refractivity contribution in [3.63, 3.8) is 0 Å². The Balaban J connectivity index is 4.85. The maximum Gasteiger partial charge on any atom is 0.312 e. The lowest BCUT2D eigenvalue weighted by Crippen LogP contribution is -2.49. The van der Waals surface area contributed by atoms with Crippen LogP contribution in [0.1, 0.15) is 40.5 Å². The molecular weight excluding hydrogens is 196 g/mol. The summed E-state index contributed by atoms with van der Waals surface area (Å²) in [5, 5.41) is 0. The second kappa shape index (κ2) is 4.49. The molecule has 4 heteroatoms. The lowest BCUT2D eigenvalue weighted by Gasteiger charge is -2.34. The third-order valence-electron chi connectivity index (χ3n) is 2.91. The quantitative estimate of drug-likeness (QED) is 0.597. The van der Waals surface area contributed by atoms with Crippen molar-refractivity contribution in [2.45, 2.75) is 52.4 Å². The second-order valence-corrected chi connectivity index (χ2v) is 3.86. The highest BCUT2D eigenvalue weighted by atomic mass is 19.3. The highest BCUT2D eigenvalue weighted by Crippen LogP contribution is 2.46. The summed E-state index contributed by atoms with van der Waals surface area (Å²) in [7, 11) is 0. The molecule has 0 N–H and O–H groups in total. The van der Waals surface area contributed by atoms with Crippen LogP contribution in [0, 0.1) is 11.8 Å². The van der Waals surface area contributed by atoms with E-state index in [2.05, 4.69) is 0 Å². The third kappa shape index (κ3) is 2.20. The molecule has 0 rings (SSSR count). The molecule has 0 aromatic carbocycles. The first kappa shape index (κ1) is 13.7. The van der Waals surface area contributed by atoms with E-state index in [1.165, 1.54) is 13.8 Å². The smallest absolute Gasteiger partial charge is 0.200 e. The minimum atomic E-state index is -3.91. The Labute approximate surface area is 82.7 Å². The van der Waals surface area contributed by atoms with Gasteiger partial charge in [0, 0.05) is 11.8 Å². The van der Waals surface area contributed by atoms with E-state index in [4.69, 9.17) is 0 Å². The van der Waals surface area contributed by atoms with Crippen molar-refractivity contribution in [2.24, 2.45) is 11.8 Å². The zero-order valence-electron chi connectivity index (χ0n) is 9.08. The predicted octanol–water partition coefficient (Wildman–Crippen LogP) is 4.35. The van der Waals surface area contributed by atoms with Gasteiger partial charge >= 0.3 is 11.8 Å². The van der Waals surface area contributed by atoms with Crippen LogP contribution in [0.4, 0.5) is 17.6 Å². The maximum atomic E-state index is 13.3. The summed E-state index contributed by atoms with van der Waals surface area (Å²) in [6, 6.07) is 0. The Kier molecular flexibility index (Phi) is 4.40. The lowest BCUT2D eigenvalue weighted by atomic mass is 9.87. The van der Waals surface area contributed by atoms with Crippen molar-refractivity contribution in [3.05, 3.63) is 0 Å². The Morgan fingerprint density at radius 3 is 1.14 bits per heavy atom. The van der Waals surface area contributed by atoms with Gasteiger partial charge in [0.25, 0.3) is 0 Å². The van der Waals surface area contributed by atoms with Gasteiger partial charge in [-0.1, -0.05) is 27.7 Å². The van der Waals surface area contributed by atoms with Gasteiger partial charge in [-0.25, -0.2) is 0 Å². The van der Waals surface area contributed by atoms with Gasteiger partial charge in [0.15, 0.2) is 0 Å². The Hall–Kier alpha value is -0.280. The number of hydrogen-bond acceptors (Lipinski definition) is 0. The van der Waals surface area contributed by atoms with E-state index in [1.807, 2.05) is 0 Å². The van der Waals surface area contributed by atoms with E-state index in [9.17, 15) is 17.6 Å². The van der Waals surface area contributed by atoms with Crippen LogP contribution in [0.5, 0.6) is 0 Å². The third-order valence-corrected chi connectivity index (χ3v) is 2.91. The fourth-order valence-electron chi connectivity index (χ4n) is 1.17. The van der Waals surface area contributed by atoms with E-state index in [-0.39, 0.29) is 12.8 Å². The molecular formula is C10H18F4. The van der Waals surface area contributed by atoms with Crippen LogP contribution in [0.3, 0.4) is 0 Å². The second-order valence-electron chi connectivity index (χ2n) is 3.86. The highest BCUT2D eigenvalue weighted by molar-refractivity contribution is 4.91. The van der Waals surface area contributed by atoms with Crippen molar-refractivity contribution < 1.29 is 17.6 Å². The van der Waals surface area contributed by atoms with Gasteiger partial charge < -0.3 is 0 Å². The molecule has 0 radical (unpaired) electrons. The molecule has 86 valence electrons. The minimum Gasteiger partial charge on any atom is -0.200 e. The summed E-state index contributed by atoms with van der Waals surface area (Å²) in [5.74, 6) is -10.4. The maximum absolute atomic E-state index is 13.3. The van der Waals surface area contributed by atoms with Gasteiger partial charge in [0.05, 0.1) is 0 Å². The normalized spacial score (nSPS) is 18.0. The molecule has 0 saturated carbocycles. The van der Waals surface area contributed by atoms with Crippen molar-refractivity contribution >= 4 is 0 Å². The van der Waals surface area contributed by atoms with Crippen LogP contribution in [0.25, 0.3) is 0 Å². The average Bonchev–Trinajstić information content (AvgIpc) is 2.14. The minimum absolute atomic E-state index is 0.0546. The SMILES string of the molecule is CCC(C)C(F)(F)C(F)(F)C(C)CC. The predicted molar refractivity (Wildman–Crippen MR) is 48.8 cm³/mol. The van der Waals surface area contributed by atoms with Crippen LogP contribution in [-0.2, 0) is 0 Å². The average molecular weight is 214 g/mol. The van der Waals surface area contributed by atoms with Crippen molar-refractivity contribution in [1.82, 2.24) is 0 Å². The van der Waals surface area contributed by atoms with Gasteiger partial charge in [0.2, 0.25) is 0 Å². The van der Waals surface area contributed by atoms with E-state index in [0.29, 0.717) is 0 Å². The lowest BCUT2D eigenvalue weighted by molar-refractivity contribution is -0.256. The van der Waals surface area contributed by atoms with Gasteiger partial charge in [-0.2, -0.15) is 17.6 Å². The largest absolute Gasteiger partial charge is 0.312 e. The standard InChI is InChI=1S/C10H18F4/c1-5-7(3)9(11,12)10(13,14)8(4)6-2/h7-8H,5-6H2,1-4H3. The summed E-state index contributed by atoms with van der Waals surface area (Å²) in [5.41, 5.74) is 0. The molecule has 0 aliphatic heterocycles. The van der Waals surface area contributed by atoms with Gasteiger partial charge in [-0.05, 0) is 12.8 Å². The molecule has 0 bridgehead atoms. The summed E-state index contributed by atoms with van der Waals surface area (Å²) < 4.78 is 53.1. The zero-order chi connectivity index (χ0) is 11.6. The Morgan fingerprint density at radius 2 is 1.00 bits per heavy atom. The first-order valence-electron chi connectivity index (χ1n) is 4.97. The molecule has 14 heavy (non-hydrogen) atoms. The van der Waals surface area contributed by atoms with Crippen LogP contribution < -0.4 is 0 Å². The molecule has 0 spiro atoms. The fourth-order valence-corrected chi connectivity index (χ4v) is 1.17. The molecule has 0 amide bonds. The molecule has 0 aromatic heterocycles. The van der Waals surface area contributed by atoms with Crippen molar-refractivity contribution in [3.8, 4) is 0 Å². The molecule has 0 fully saturated rings. The molecule has 0 aromatic rings. The zero-order valence-corrected chi connectivity index (χ0v) is 9.08. The summed E-state index contributed by atoms with van der Waals surface area (Å²) >= 11 is 0. The fraction of sp³-hybridized carbons (Fsp3) is 1.00. The first-order chi connectivity index (χ1) is 6.21. The van der Waals surface area contributed by atoms with E-state index in [1.54, 1.807) is 0 Å². The van der Waals surface area contributed by atoms with Crippen LogP contribution >= 0.6 is 0 Å². The Morgan fingerprint density at radius 1 is 0.786 bits per heavy atom. The topological polar surface area (TPSA) is 0 Å². The molecule has 0 aliphatic carbocycles. The first-order valence-corrected chi connectivity index (χ1v) is 4.97. The van der Waals surface area contributed by atoms with Gasteiger partial charge in [-0.3, -0.25) is 0 Å². The number of halogens is 4. The Bertz CT molecular complexity index is 157.